The molecular formula is C18H20ClNO2S. The second-order valence-corrected chi connectivity index (χ2v) is 7.75. The van der Waals surface area contributed by atoms with E-state index >= 15 is 0 Å². The fourth-order valence-corrected chi connectivity index (χ4v) is 4.55. The SMILES string of the molecule is Cc1ccc(C(c2cccc(Cl)c2)N2CCCCC2C(=O)O)s1. The quantitative estimate of drug-likeness (QED) is 0.866. The Morgan fingerprint density at radius 2 is 2.17 bits per heavy atom. The molecule has 1 N–H and O–H groups in total. The molecule has 2 atom stereocenters. The van der Waals surface area contributed by atoms with Gasteiger partial charge in [-0.25, -0.2) is 0 Å². The van der Waals surface area contributed by atoms with Crippen molar-refractivity contribution in [3.05, 3.63) is 56.7 Å². The van der Waals surface area contributed by atoms with Crippen LogP contribution in [-0.4, -0.2) is 28.6 Å². The zero-order chi connectivity index (χ0) is 16.4. The molecule has 3 rings (SSSR count). The lowest BCUT2D eigenvalue weighted by molar-refractivity contribution is -0.145. The molecule has 1 aromatic carbocycles. The number of hydrogen-bond donors (Lipinski definition) is 1. The fourth-order valence-electron chi connectivity index (χ4n) is 3.32. The molecule has 122 valence electrons. The van der Waals surface area contributed by atoms with Crippen LogP contribution in [0.3, 0.4) is 0 Å². The van der Waals surface area contributed by atoms with Gasteiger partial charge in [0.15, 0.2) is 0 Å². The third kappa shape index (κ3) is 3.60. The van der Waals surface area contributed by atoms with Gasteiger partial charge in [0.2, 0.25) is 0 Å². The summed E-state index contributed by atoms with van der Waals surface area (Å²) in [6, 6.07) is 11.5. The molecule has 1 aliphatic heterocycles. The molecule has 0 bridgehead atoms. The van der Waals surface area contributed by atoms with Crippen LogP contribution in [0.5, 0.6) is 0 Å². The summed E-state index contributed by atoms with van der Waals surface area (Å²) in [6.07, 6.45) is 2.71. The fraction of sp³-hybridized carbons (Fsp3) is 0.389. The summed E-state index contributed by atoms with van der Waals surface area (Å²) < 4.78 is 0. The lowest BCUT2D eigenvalue weighted by Crippen LogP contribution is -2.46. The maximum atomic E-state index is 11.7. The molecule has 23 heavy (non-hydrogen) atoms. The molecule has 0 saturated carbocycles. The topological polar surface area (TPSA) is 40.5 Å². The van der Waals surface area contributed by atoms with Gasteiger partial charge in [-0.05, 0) is 56.1 Å². The number of benzene rings is 1. The van der Waals surface area contributed by atoms with Gasteiger partial charge in [-0.3, -0.25) is 9.69 Å². The van der Waals surface area contributed by atoms with Crippen LogP contribution >= 0.6 is 22.9 Å². The molecule has 2 aromatic rings. The highest BCUT2D eigenvalue weighted by molar-refractivity contribution is 7.12. The summed E-state index contributed by atoms with van der Waals surface area (Å²) in [5, 5.41) is 10.3. The Bertz CT molecular complexity index is 700. The summed E-state index contributed by atoms with van der Waals surface area (Å²) in [5.41, 5.74) is 1.06. The highest BCUT2D eigenvalue weighted by Crippen LogP contribution is 2.38. The van der Waals surface area contributed by atoms with Crippen LogP contribution in [0.25, 0.3) is 0 Å². The second kappa shape index (κ2) is 7.04. The molecule has 0 aliphatic carbocycles. The number of aryl methyl sites for hydroxylation is 1. The van der Waals surface area contributed by atoms with Gasteiger partial charge < -0.3 is 5.11 Å². The van der Waals surface area contributed by atoms with Crippen molar-refractivity contribution in [2.75, 3.05) is 6.54 Å². The average Bonchev–Trinajstić information content (AvgIpc) is 2.94. The van der Waals surface area contributed by atoms with E-state index in [4.69, 9.17) is 11.6 Å². The molecule has 3 nitrogen and oxygen atoms in total. The summed E-state index contributed by atoms with van der Waals surface area (Å²) in [4.78, 5) is 16.3. The first-order valence-corrected chi connectivity index (χ1v) is 9.06. The standard InChI is InChI=1S/C18H20ClNO2S/c1-12-8-9-16(23-12)17(13-5-4-6-14(19)11-13)20-10-3-2-7-15(20)18(21)22/h4-6,8-9,11,15,17H,2-3,7,10H2,1H3,(H,21,22). The van der Waals surface area contributed by atoms with E-state index in [2.05, 4.69) is 24.0 Å². The number of carboxylic acids is 1. The molecule has 0 radical (unpaired) electrons. The summed E-state index contributed by atoms with van der Waals surface area (Å²) in [6.45, 7) is 2.87. The molecule has 1 saturated heterocycles. The average molecular weight is 350 g/mol. The number of rotatable bonds is 4. The highest BCUT2D eigenvalue weighted by Gasteiger charge is 2.35. The Labute approximate surface area is 145 Å². The molecule has 1 aromatic heterocycles. The minimum absolute atomic E-state index is 0.0474. The van der Waals surface area contributed by atoms with Gasteiger partial charge in [0.1, 0.15) is 6.04 Å². The van der Waals surface area contributed by atoms with Crippen LogP contribution in [0.15, 0.2) is 36.4 Å². The zero-order valence-electron chi connectivity index (χ0n) is 13.0. The van der Waals surface area contributed by atoms with E-state index in [1.54, 1.807) is 11.3 Å². The van der Waals surface area contributed by atoms with Gasteiger partial charge in [0.25, 0.3) is 0 Å². The van der Waals surface area contributed by atoms with Crippen LogP contribution in [0.4, 0.5) is 0 Å². The molecule has 1 fully saturated rings. The maximum absolute atomic E-state index is 11.7. The smallest absolute Gasteiger partial charge is 0.320 e. The van der Waals surface area contributed by atoms with E-state index in [9.17, 15) is 9.90 Å². The predicted molar refractivity (Wildman–Crippen MR) is 94.3 cm³/mol. The number of carbonyl (C=O) groups is 1. The second-order valence-electron chi connectivity index (χ2n) is 5.99. The van der Waals surface area contributed by atoms with Crippen molar-refractivity contribution in [2.24, 2.45) is 0 Å². The number of hydrogen-bond acceptors (Lipinski definition) is 3. The third-order valence-electron chi connectivity index (χ3n) is 4.36. The van der Waals surface area contributed by atoms with Gasteiger partial charge in [0.05, 0.1) is 6.04 Å². The molecule has 0 amide bonds. The lowest BCUT2D eigenvalue weighted by atomic mass is 9.95. The van der Waals surface area contributed by atoms with Gasteiger partial charge in [-0.2, -0.15) is 0 Å². The van der Waals surface area contributed by atoms with Crippen LogP contribution in [-0.2, 0) is 4.79 Å². The lowest BCUT2D eigenvalue weighted by Gasteiger charge is -2.39. The van der Waals surface area contributed by atoms with E-state index < -0.39 is 12.0 Å². The van der Waals surface area contributed by atoms with Crippen LogP contribution in [0, 0.1) is 6.92 Å². The van der Waals surface area contributed by atoms with Crippen molar-refractivity contribution >= 4 is 28.9 Å². The number of piperidine rings is 1. The van der Waals surface area contributed by atoms with Gasteiger partial charge >= 0.3 is 5.97 Å². The van der Waals surface area contributed by atoms with Gasteiger partial charge in [0, 0.05) is 14.8 Å². The summed E-state index contributed by atoms with van der Waals surface area (Å²) in [7, 11) is 0. The number of thiophene rings is 1. The van der Waals surface area contributed by atoms with Crippen LogP contribution in [0.1, 0.15) is 40.6 Å². The monoisotopic (exact) mass is 349 g/mol. The number of carboxylic acid groups (broad SMARTS) is 1. The number of nitrogens with zero attached hydrogens (tertiary/aromatic N) is 1. The van der Waals surface area contributed by atoms with Gasteiger partial charge in [-0.15, -0.1) is 11.3 Å². The first-order chi connectivity index (χ1) is 11.1. The van der Waals surface area contributed by atoms with Crippen molar-refractivity contribution in [1.29, 1.82) is 0 Å². The first kappa shape index (κ1) is 16.5. The minimum atomic E-state index is -0.731. The van der Waals surface area contributed by atoms with E-state index in [1.165, 1.54) is 9.75 Å². The van der Waals surface area contributed by atoms with Crippen molar-refractivity contribution < 1.29 is 9.90 Å². The van der Waals surface area contributed by atoms with Crippen molar-refractivity contribution in [3.63, 3.8) is 0 Å². The first-order valence-electron chi connectivity index (χ1n) is 7.86. The minimum Gasteiger partial charge on any atom is -0.480 e. The Kier molecular flexibility index (Phi) is 5.05. The number of aliphatic carboxylic acids is 1. The van der Waals surface area contributed by atoms with E-state index in [-0.39, 0.29) is 6.04 Å². The zero-order valence-corrected chi connectivity index (χ0v) is 14.6. The van der Waals surface area contributed by atoms with Crippen LogP contribution < -0.4 is 0 Å². The predicted octanol–water partition coefficient (Wildman–Crippen LogP) is 4.74. The maximum Gasteiger partial charge on any atom is 0.320 e. The molecule has 2 unspecified atom stereocenters. The molecule has 5 heteroatoms. The Balaban J connectivity index is 2.05. The summed E-state index contributed by atoms with van der Waals surface area (Å²) in [5.74, 6) is -0.731. The molecular weight excluding hydrogens is 330 g/mol. The Hall–Kier alpha value is -1.36. The number of likely N-dealkylation sites (tertiary alicyclic amines) is 1. The van der Waals surface area contributed by atoms with E-state index in [0.717, 1.165) is 24.9 Å². The number of halogens is 1. The molecule has 0 spiro atoms. The largest absolute Gasteiger partial charge is 0.480 e. The van der Waals surface area contributed by atoms with Crippen molar-refractivity contribution in [1.82, 2.24) is 4.90 Å². The van der Waals surface area contributed by atoms with Crippen LogP contribution in [0.2, 0.25) is 5.02 Å². The van der Waals surface area contributed by atoms with Gasteiger partial charge in [-0.1, -0.05) is 30.2 Å². The molecule has 2 heterocycles. The summed E-state index contributed by atoms with van der Waals surface area (Å²) >= 11 is 7.91. The van der Waals surface area contributed by atoms with E-state index in [0.29, 0.717) is 11.4 Å². The van der Waals surface area contributed by atoms with E-state index in [1.807, 2.05) is 24.3 Å². The third-order valence-corrected chi connectivity index (χ3v) is 5.64. The Morgan fingerprint density at radius 1 is 1.35 bits per heavy atom. The van der Waals surface area contributed by atoms with Crippen molar-refractivity contribution in [3.8, 4) is 0 Å². The Morgan fingerprint density at radius 3 is 2.83 bits per heavy atom. The molecule has 1 aliphatic rings. The van der Waals surface area contributed by atoms with Crippen molar-refractivity contribution in [2.45, 2.75) is 38.3 Å². The highest BCUT2D eigenvalue weighted by atomic mass is 35.5. The normalized spacial score (nSPS) is 20.3.